The zero-order chi connectivity index (χ0) is 44.2. The molecule has 0 spiro atoms. The third-order valence-electron chi connectivity index (χ3n) is 9.24. The van der Waals surface area contributed by atoms with Crippen molar-refractivity contribution in [2.24, 2.45) is 11.5 Å². The lowest BCUT2D eigenvalue weighted by Crippen LogP contribution is -2.60. The molecule has 20 nitrogen and oxygen atoms in total. The van der Waals surface area contributed by atoms with Gasteiger partial charge >= 0.3 is 11.9 Å². The Morgan fingerprint density at radius 2 is 1.08 bits per heavy atom. The SMILES string of the molecule is C[C@H](NC(=O)[C@H](CCCCN)NC(=O)[C@H](Cc1cnc[nH]1)NC(=O)[C@H](Cc1ccccc1)NC(=O)[C@H](C)NC(=O)[C@@H](N)CC(=O)O)C(=O)N[C@@H](Cc1ccccc1)C(=O)O. The van der Waals surface area contributed by atoms with E-state index in [9.17, 15) is 43.5 Å². The maximum Gasteiger partial charge on any atom is 0.326 e. The number of hydrogen-bond acceptors (Lipinski definition) is 11. The summed E-state index contributed by atoms with van der Waals surface area (Å²) in [7, 11) is 0. The van der Waals surface area contributed by atoms with Crippen LogP contribution in [-0.2, 0) is 57.6 Å². The first-order chi connectivity index (χ1) is 28.6. The Morgan fingerprint density at radius 1 is 0.617 bits per heavy atom. The predicted octanol–water partition coefficient (Wildman–Crippen LogP) is -1.60. The van der Waals surface area contributed by atoms with Gasteiger partial charge in [-0.1, -0.05) is 60.7 Å². The predicted molar refractivity (Wildman–Crippen MR) is 216 cm³/mol. The molecule has 7 atom stereocenters. The van der Waals surface area contributed by atoms with Gasteiger partial charge in [0, 0.05) is 31.2 Å². The molecule has 0 saturated heterocycles. The van der Waals surface area contributed by atoms with Crippen molar-refractivity contribution in [3.8, 4) is 0 Å². The summed E-state index contributed by atoms with van der Waals surface area (Å²) in [4.78, 5) is 110. The van der Waals surface area contributed by atoms with E-state index in [0.29, 0.717) is 36.2 Å². The quantitative estimate of drug-likeness (QED) is 0.0429. The van der Waals surface area contributed by atoms with Crippen LogP contribution in [0.2, 0.25) is 0 Å². The molecule has 13 N–H and O–H groups in total. The number of aliphatic carboxylic acids is 2. The van der Waals surface area contributed by atoms with Crippen molar-refractivity contribution in [2.75, 3.05) is 6.54 Å². The molecule has 3 aromatic rings. The number of nitrogens with zero attached hydrogens (tertiary/aromatic N) is 1. The van der Waals surface area contributed by atoms with Crippen LogP contribution in [-0.4, -0.2) is 116 Å². The van der Waals surface area contributed by atoms with Crippen LogP contribution in [0.25, 0.3) is 0 Å². The molecule has 0 fully saturated rings. The highest BCUT2D eigenvalue weighted by atomic mass is 16.4. The zero-order valence-electron chi connectivity index (χ0n) is 33.4. The molecule has 0 aliphatic carbocycles. The van der Waals surface area contributed by atoms with Crippen LogP contribution < -0.4 is 43.4 Å². The Kier molecular flexibility index (Phi) is 19.3. The standard InChI is InChI=1S/C40H54N10O10/c1-23(45-36(55)28(42)20-33(51)52)34(53)48-30(17-25-11-5-3-6-12-25)38(57)49-31(19-27-21-43-22-44-27)39(58)47-29(15-9-10-16-41)37(56)46-24(2)35(54)50-32(40(59)60)18-26-13-7-4-8-14-26/h3-8,11-14,21-24,28-32H,9-10,15-20,41-42H2,1-2H3,(H,43,44)(H,45,55)(H,46,56)(H,47,58)(H,48,53)(H,49,57)(H,50,54)(H,51,52)(H,59,60)/t23-,24-,28-,29-,30-,31-,32-/m0/s1. The van der Waals surface area contributed by atoms with Crippen molar-refractivity contribution >= 4 is 47.4 Å². The van der Waals surface area contributed by atoms with Gasteiger partial charge in [-0.2, -0.15) is 0 Å². The largest absolute Gasteiger partial charge is 0.481 e. The van der Waals surface area contributed by atoms with E-state index < -0.39 is 96.1 Å². The average Bonchev–Trinajstić information content (AvgIpc) is 3.73. The van der Waals surface area contributed by atoms with Crippen molar-refractivity contribution < 1.29 is 48.6 Å². The number of hydrogen-bond donors (Lipinski definition) is 11. The molecule has 3 rings (SSSR count). The lowest BCUT2D eigenvalue weighted by atomic mass is 10.0. The minimum absolute atomic E-state index is 0.00142. The Bertz CT molecular complexity index is 1900. The number of carbonyl (C=O) groups is 8. The van der Waals surface area contributed by atoms with E-state index in [1.54, 1.807) is 60.7 Å². The van der Waals surface area contributed by atoms with E-state index in [4.69, 9.17) is 16.6 Å². The highest BCUT2D eigenvalue weighted by Crippen LogP contribution is 2.09. The van der Waals surface area contributed by atoms with Crippen LogP contribution in [0.1, 0.15) is 56.4 Å². The molecule has 20 heteroatoms. The van der Waals surface area contributed by atoms with E-state index in [1.165, 1.54) is 26.4 Å². The van der Waals surface area contributed by atoms with E-state index in [-0.39, 0.29) is 25.7 Å². The lowest BCUT2D eigenvalue weighted by molar-refractivity contribution is -0.142. The molecule has 1 heterocycles. The van der Waals surface area contributed by atoms with Crippen LogP contribution in [0.15, 0.2) is 73.2 Å². The number of carboxylic acid groups (broad SMARTS) is 2. The first kappa shape index (κ1) is 47.7. The Balaban J connectivity index is 1.80. The van der Waals surface area contributed by atoms with Crippen molar-refractivity contribution in [3.63, 3.8) is 0 Å². The monoisotopic (exact) mass is 834 g/mol. The second-order valence-electron chi connectivity index (χ2n) is 14.2. The molecule has 1 aromatic heterocycles. The summed E-state index contributed by atoms with van der Waals surface area (Å²) in [5.41, 5.74) is 13.1. The Hall–Kier alpha value is -6.67. The number of amides is 6. The Morgan fingerprint density at radius 3 is 1.58 bits per heavy atom. The zero-order valence-corrected chi connectivity index (χ0v) is 33.4. The summed E-state index contributed by atoms with van der Waals surface area (Å²) in [5, 5.41) is 34.0. The fraction of sp³-hybridized carbons (Fsp3) is 0.425. The first-order valence-corrected chi connectivity index (χ1v) is 19.3. The second-order valence-corrected chi connectivity index (χ2v) is 14.2. The third kappa shape index (κ3) is 16.3. The van der Waals surface area contributed by atoms with Crippen LogP contribution in [0, 0.1) is 0 Å². The number of carboxylic acids is 2. The number of unbranched alkanes of at least 4 members (excludes halogenated alkanes) is 1. The van der Waals surface area contributed by atoms with Crippen LogP contribution in [0.5, 0.6) is 0 Å². The van der Waals surface area contributed by atoms with Gasteiger partial charge in [-0.05, 0) is 50.8 Å². The summed E-state index contributed by atoms with van der Waals surface area (Å²) < 4.78 is 0. The van der Waals surface area contributed by atoms with Crippen molar-refractivity contribution in [1.29, 1.82) is 0 Å². The number of imidazole rings is 1. The number of carbonyl (C=O) groups excluding carboxylic acids is 6. The summed E-state index contributed by atoms with van der Waals surface area (Å²) in [6.45, 7) is 2.98. The van der Waals surface area contributed by atoms with Crippen LogP contribution >= 0.6 is 0 Å². The molecule has 6 amide bonds. The summed E-state index contributed by atoms with van der Waals surface area (Å²) in [6, 6.07) is 8.27. The van der Waals surface area contributed by atoms with E-state index in [1.807, 2.05) is 0 Å². The summed E-state index contributed by atoms with van der Waals surface area (Å²) in [6.07, 6.45) is 2.92. The minimum Gasteiger partial charge on any atom is -0.481 e. The maximum atomic E-state index is 14.0. The molecule has 0 unspecified atom stereocenters. The molecular weight excluding hydrogens is 780 g/mol. The smallest absolute Gasteiger partial charge is 0.326 e. The summed E-state index contributed by atoms with van der Waals surface area (Å²) in [5.74, 6) is -7.40. The molecule has 0 radical (unpaired) electrons. The number of benzene rings is 2. The number of aromatic amines is 1. The summed E-state index contributed by atoms with van der Waals surface area (Å²) >= 11 is 0. The minimum atomic E-state index is -1.43. The number of rotatable bonds is 25. The van der Waals surface area contributed by atoms with Crippen LogP contribution in [0.3, 0.4) is 0 Å². The topological polar surface area (TPSA) is 330 Å². The molecule has 2 aromatic carbocycles. The maximum absolute atomic E-state index is 14.0. The fourth-order valence-electron chi connectivity index (χ4n) is 5.88. The van der Waals surface area contributed by atoms with Gasteiger partial charge in [-0.3, -0.25) is 33.6 Å². The molecule has 0 bridgehead atoms. The average molecular weight is 835 g/mol. The number of nitrogens with two attached hydrogens (primary N) is 2. The van der Waals surface area contributed by atoms with E-state index in [2.05, 4.69) is 41.9 Å². The lowest BCUT2D eigenvalue weighted by Gasteiger charge is -2.27. The third-order valence-corrected chi connectivity index (χ3v) is 9.24. The molecule has 0 aliphatic rings. The highest BCUT2D eigenvalue weighted by molar-refractivity contribution is 5.97. The second kappa shape index (κ2) is 24.3. The van der Waals surface area contributed by atoms with Gasteiger partial charge in [0.25, 0.3) is 0 Å². The van der Waals surface area contributed by atoms with Crippen molar-refractivity contribution in [3.05, 3.63) is 90.0 Å². The van der Waals surface area contributed by atoms with Gasteiger partial charge in [0.15, 0.2) is 0 Å². The van der Waals surface area contributed by atoms with Gasteiger partial charge in [0.2, 0.25) is 35.4 Å². The molecule has 60 heavy (non-hydrogen) atoms. The molecule has 324 valence electrons. The fourth-order valence-corrected chi connectivity index (χ4v) is 5.88. The normalized spacial score (nSPS) is 14.4. The van der Waals surface area contributed by atoms with Gasteiger partial charge in [0.1, 0.15) is 36.3 Å². The van der Waals surface area contributed by atoms with Gasteiger partial charge < -0.3 is 58.6 Å². The van der Waals surface area contributed by atoms with E-state index in [0.717, 1.165) is 0 Å². The van der Waals surface area contributed by atoms with Gasteiger partial charge in [0.05, 0.1) is 18.8 Å². The molecule has 0 saturated carbocycles. The molecule has 0 aliphatic heterocycles. The first-order valence-electron chi connectivity index (χ1n) is 19.3. The Labute approximate surface area is 346 Å². The van der Waals surface area contributed by atoms with E-state index >= 15 is 0 Å². The van der Waals surface area contributed by atoms with Gasteiger partial charge in [-0.15, -0.1) is 0 Å². The van der Waals surface area contributed by atoms with Crippen molar-refractivity contribution in [2.45, 2.75) is 101 Å². The van der Waals surface area contributed by atoms with Crippen molar-refractivity contribution in [1.82, 2.24) is 41.9 Å². The number of aromatic nitrogens is 2. The highest BCUT2D eigenvalue weighted by Gasteiger charge is 2.33. The number of H-pyrrole nitrogens is 1. The number of nitrogens with one attached hydrogen (secondary N) is 7. The van der Waals surface area contributed by atoms with Crippen LogP contribution in [0.4, 0.5) is 0 Å². The molecular formula is C40H54N10O10. The van der Waals surface area contributed by atoms with Gasteiger partial charge in [-0.25, -0.2) is 9.78 Å².